The fourth-order valence-electron chi connectivity index (χ4n) is 2.25. The lowest BCUT2D eigenvalue weighted by atomic mass is 10.0. The third-order valence-corrected chi connectivity index (χ3v) is 5.50. The largest absolute Gasteiger partial charge is 0.416 e. The number of thiophene rings is 1. The van der Waals surface area contributed by atoms with Crippen LogP contribution in [-0.4, -0.2) is 10.2 Å². The highest BCUT2D eigenvalue weighted by molar-refractivity contribution is 8.26. The van der Waals surface area contributed by atoms with E-state index >= 15 is 0 Å². The Labute approximate surface area is 162 Å². The van der Waals surface area contributed by atoms with Gasteiger partial charge in [-0.3, -0.25) is 4.79 Å². The number of carbonyl (C=O) groups is 1. The highest BCUT2D eigenvalue weighted by Crippen LogP contribution is 2.39. The lowest BCUT2D eigenvalue weighted by Gasteiger charge is -2.13. The molecule has 1 saturated heterocycles. The average molecular weight is 439 g/mol. The van der Waals surface area contributed by atoms with E-state index in [4.69, 9.17) is 12.2 Å². The molecule has 0 bridgehead atoms. The zero-order chi connectivity index (χ0) is 20.0. The molecule has 0 atom stereocenters. The molecule has 2 heterocycles. The third kappa shape index (κ3) is 4.53. The highest BCUT2D eigenvalue weighted by Gasteiger charge is 2.37. The fraction of sp³-hybridized carbons (Fsp3) is 0.125. The number of rotatable bonds is 2. The summed E-state index contributed by atoms with van der Waals surface area (Å²) in [7, 11) is 0. The Bertz CT molecular complexity index is 926. The van der Waals surface area contributed by atoms with E-state index in [0.29, 0.717) is 21.9 Å². The first-order valence-electron chi connectivity index (χ1n) is 7.07. The number of carbonyl (C=O) groups excluding carboxylic acids is 1. The van der Waals surface area contributed by atoms with E-state index in [1.165, 1.54) is 17.5 Å². The summed E-state index contributed by atoms with van der Waals surface area (Å²) in [6.45, 7) is 0. The predicted octanol–water partition coefficient (Wildman–Crippen LogP) is 5.94. The van der Waals surface area contributed by atoms with E-state index in [9.17, 15) is 31.1 Å². The minimum atomic E-state index is -4.91. The summed E-state index contributed by atoms with van der Waals surface area (Å²) in [6.07, 6.45) is -8.35. The summed E-state index contributed by atoms with van der Waals surface area (Å²) in [6, 6.07) is 2.84. The molecular weight excluding hydrogens is 432 g/mol. The number of hydrogen-bond donors (Lipinski definition) is 1. The Morgan fingerprint density at radius 2 is 1.52 bits per heavy atom. The first-order valence-corrected chi connectivity index (χ1v) is 9.17. The molecule has 1 aliphatic heterocycles. The van der Waals surface area contributed by atoms with Gasteiger partial charge in [0.2, 0.25) is 0 Å². The van der Waals surface area contributed by atoms with Crippen molar-refractivity contribution in [2.24, 2.45) is 0 Å². The van der Waals surface area contributed by atoms with Crippen LogP contribution in [0.25, 0.3) is 17.2 Å². The number of halogens is 6. The maximum Gasteiger partial charge on any atom is 0.416 e. The maximum atomic E-state index is 13.0. The molecule has 1 fully saturated rings. The molecule has 1 aliphatic rings. The number of thioether (sulfide) groups is 1. The van der Waals surface area contributed by atoms with Crippen LogP contribution in [-0.2, 0) is 17.1 Å². The van der Waals surface area contributed by atoms with Gasteiger partial charge in [-0.15, -0.1) is 11.3 Å². The van der Waals surface area contributed by atoms with Crippen LogP contribution >= 0.6 is 35.3 Å². The molecule has 2 aromatic rings. The Morgan fingerprint density at radius 1 is 0.926 bits per heavy atom. The summed E-state index contributed by atoms with van der Waals surface area (Å²) < 4.78 is 78.1. The number of alkyl halides is 6. The molecule has 0 saturated carbocycles. The van der Waals surface area contributed by atoms with Crippen LogP contribution < -0.4 is 5.32 Å². The van der Waals surface area contributed by atoms with Gasteiger partial charge in [0.25, 0.3) is 5.91 Å². The first-order chi connectivity index (χ1) is 12.4. The van der Waals surface area contributed by atoms with Crippen LogP contribution in [0.1, 0.15) is 16.0 Å². The summed E-state index contributed by atoms with van der Waals surface area (Å²) in [5.74, 6) is -0.404. The Kier molecular flexibility index (Phi) is 5.12. The molecule has 3 rings (SSSR count). The zero-order valence-electron chi connectivity index (χ0n) is 12.9. The van der Waals surface area contributed by atoms with Gasteiger partial charge in [0, 0.05) is 4.88 Å². The van der Waals surface area contributed by atoms with Crippen LogP contribution in [0.4, 0.5) is 26.3 Å². The molecule has 0 radical (unpaired) electrons. The second kappa shape index (κ2) is 6.95. The molecule has 1 aromatic carbocycles. The summed E-state index contributed by atoms with van der Waals surface area (Å²) >= 11 is 6.96. The molecule has 142 valence electrons. The van der Waals surface area contributed by atoms with Crippen LogP contribution in [0.3, 0.4) is 0 Å². The normalized spacial score (nSPS) is 16.9. The molecule has 1 aromatic heterocycles. The summed E-state index contributed by atoms with van der Waals surface area (Å²) in [5, 5.41) is 3.84. The predicted molar refractivity (Wildman–Crippen MR) is 96.1 cm³/mol. The van der Waals surface area contributed by atoms with E-state index in [2.05, 4.69) is 5.32 Å². The van der Waals surface area contributed by atoms with Gasteiger partial charge in [-0.2, -0.15) is 26.3 Å². The van der Waals surface area contributed by atoms with E-state index in [1.807, 2.05) is 0 Å². The molecule has 1 N–H and O–H groups in total. The van der Waals surface area contributed by atoms with Gasteiger partial charge in [-0.25, -0.2) is 0 Å². The summed E-state index contributed by atoms with van der Waals surface area (Å²) in [5.41, 5.74) is -2.78. The standard InChI is InChI=1S/C16H7F6NOS3/c17-15(18,19)9-1-7(2-10(4-9)16(20,21)22)8-3-11(26-6-8)5-12-13(24)23-14(25)27-12/h1-6H,(H,23,24,25). The quantitative estimate of drug-likeness (QED) is 0.357. The van der Waals surface area contributed by atoms with Crippen LogP contribution in [0.15, 0.2) is 34.6 Å². The second-order valence-corrected chi connectivity index (χ2v) is 8.05. The van der Waals surface area contributed by atoms with Gasteiger partial charge in [0.05, 0.1) is 16.0 Å². The third-order valence-electron chi connectivity index (χ3n) is 3.46. The van der Waals surface area contributed by atoms with Crippen LogP contribution in [0, 0.1) is 0 Å². The van der Waals surface area contributed by atoms with Crippen molar-refractivity contribution in [3.63, 3.8) is 0 Å². The maximum absolute atomic E-state index is 13.0. The Morgan fingerprint density at radius 3 is 2.00 bits per heavy atom. The van der Waals surface area contributed by atoms with Gasteiger partial charge < -0.3 is 5.32 Å². The number of amides is 1. The molecule has 0 aliphatic carbocycles. The first kappa shape index (κ1) is 19.9. The van der Waals surface area contributed by atoms with Gasteiger partial charge in [-0.1, -0.05) is 24.0 Å². The SMILES string of the molecule is O=C1NC(=S)SC1=Cc1cc(-c2cc(C(F)(F)F)cc(C(F)(F)F)c2)cs1. The molecule has 27 heavy (non-hydrogen) atoms. The molecule has 1 amide bonds. The van der Waals surface area contributed by atoms with E-state index in [0.717, 1.165) is 23.1 Å². The number of benzene rings is 1. The van der Waals surface area contributed by atoms with Crippen LogP contribution in [0.5, 0.6) is 0 Å². The molecule has 0 spiro atoms. The highest BCUT2D eigenvalue weighted by atomic mass is 32.2. The van der Waals surface area contributed by atoms with Gasteiger partial charge in [0.1, 0.15) is 4.32 Å². The van der Waals surface area contributed by atoms with Gasteiger partial charge >= 0.3 is 12.4 Å². The number of hydrogen-bond acceptors (Lipinski definition) is 4. The smallest absolute Gasteiger partial charge is 0.307 e. The average Bonchev–Trinajstić information content (AvgIpc) is 3.12. The van der Waals surface area contributed by atoms with E-state index in [-0.39, 0.29) is 21.5 Å². The van der Waals surface area contributed by atoms with Crippen molar-refractivity contribution in [3.05, 3.63) is 50.6 Å². The lowest BCUT2D eigenvalue weighted by molar-refractivity contribution is -0.143. The zero-order valence-corrected chi connectivity index (χ0v) is 15.3. The molecule has 11 heteroatoms. The monoisotopic (exact) mass is 439 g/mol. The van der Waals surface area contributed by atoms with Crippen molar-refractivity contribution in [3.8, 4) is 11.1 Å². The van der Waals surface area contributed by atoms with Crippen molar-refractivity contribution >= 4 is 51.6 Å². The summed E-state index contributed by atoms with van der Waals surface area (Å²) in [4.78, 5) is 12.4. The number of thiocarbonyl (C=S) groups is 1. The Balaban J connectivity index is 2.02. The van der Waals surface area contributed by atoms with E-state index < -0.39 is 29.4 Å². The fourth-order valence-corrected chi connectivity index (χ4v) is 4.21. The van der Waals surface area contributed by atoms with Crippen molar-refractivity contribution in [1.29, 1.82) is 0 Å². The van der Waals surface area contributed by atoms with Crippen molar-refractivity contribution < 1.29 is 31.1 Å². The Hall–Kier alpha value is -1.85. The van der Waals surface area contributed by atoms with Gasteiger partial charge in [-0.05, 0) is 46.8 Å². The second-order valence-electron chi connectivity index (χ2n) is 5.38. The van der Waals surface area contributed by atoms with Crippen molar-refractivity contribution in [1.82, 2.24) is 5.32 Å². The van der Waals surface area contributed by atoms with Crippen molar-refractivity contribution in [2.45, 2.75) is 12.4 Å². The van der Waals surface area contributed by atoms with E-state index in [1.54, 1.807) is 0 Å². The molecule has 0 unspecified atom stereocenters. The van der Waals surface area contributed by atoms with Gasteiger partial charge in [0.15, 0.2) is 0 Å². The molecule has 2 nitrogen and oxygen atoms in total. The lowest BCUT2D eigenvalue weighted by Crippen LogP contribution is -2.17. The topological polar surface area (TPSA) is 29.1 Å². The van der Waals surface area contributed by atoms with Crippen LogP contribution in [0.2, 0.25) is 0 Å². The number of nitrogens with one attached hydrogen (secondary N) is 1. The van der Waals surface area contributed by atoms with Crippen molar-refractivity contribution in [2.75, 3.05) is 0 Å². The molecular formula is C16H7F6NOS3. The minimum absolute atomic E-state index is 0.0825. The minimum Gasteiger partial charge on any atom is -0.307 e.